The highest BCUT2D eigenvalue weighted by atomic mass is 16.3. The molecule has 0 radical (unpaired) electrons. The van der Waals surface area contributed by atoms with Crippen molar-refractivity contribution in [3.63, 3.8) is 0 Å². The second-order valence-electron chi connectivity index (χ2n) is 6.19. The van der Waals surface area contributed by atoms with E-state index in [1.165, 1.54) is 0 Å². The first-order valence-electron chi connectivity index (χ1n) is 8.15. The number of aryl methyl sites for hydroxylation is 1. The highest BCUT2D eigenvalue weighted by molar-refractivity contribution is 5.94. The minimum absolute atomic E-state index is 0.0121. The van der Waals surface area contributed by atoms with E-state index in [0.717, 1.165) is 22.8 Å². The minimum Gasteiger partial charge on any atom is -0.465 e. The Morgan fingerprint density at radius 1 is 1.20 bits per heavy atom. The number of amides is 1. The van der Waals surface area contributed by atoms with Crippen molar-refractivity contribution in [1.82, 2.24) is 20.4 Å². The van der Waals surface area contributed by atoms with E-state index >= 15 is 0 Å². The number of H-pyrrole nitrogens is 1. The molecule has 3 rings (SSSR count). The first-order chi connectivity index (χ1) is 12.0. The van der Waals surface area contributed by atoms with Crippen molar-refractivity contribution in [3.05, 3.63) is 65.7 Å². The van der Waals surface area contributed by atoms with Crippen LogP contribution in [0, 0.1) is 6.92 Å². The number of carbonyl (C=O) groups excluding carboxylic acids is 1. The zero-order chi connectivity index (χ0) is 17.8. The van der Waals surface area contributed by atoms with Gasteiger partial charge in [-0.3, -0.25) is 14.8 Å². The molecule has 0 bridgehead atoms. The molecule has 0 saturated heterocycles. The van der Waals surface area contributed by atoms with E-state index < -0.39 is 0 Å². The monoisotopic (exact) mass is 338 g/mol. The summed E-state index contributed by atoms with van der Waals surface area (Å²) in [5.41, 5.74) is 2.54. The van der Waals surface area contributed by atoms with Crippen LogP contribution in [0.4, 0.5) is 0 Å². The Bertz CT molecular complexity index is 819. The number of aromatic nitrogens is 2. The van der Waals surface area contributed by atoms with E-state index in [-0.39, 0.29) is 11.9 Å². The Morgan fingerprint density at radius 2 is 1.96 bits per heavy atom. The number of hydrogen-bond acceptors (Lipinski definition) is 4. The third-order valence-electron chi connectivity index (χ3n) is 4.13. The Labute approximate surface area is 146 Å². The van der Waals surface area contributed by atoms with Crippen LogP contribution < -0.4 is 5.32 Å². The number of furan rings is 1. The number of benzene rings is 1. The van der Waals surface area contributed by atoms with Crippen LogP contribution in [0.15, 0.2) is 53.1 Å². The van der Waals surface area contributed by atoms with Gasteiger partial charge in [-0.05, 0) is 56.9 Å². The third kappa shape index (κ3) is 3.97. The van der Waals surface area contributed by atoms with Gasteiger partial charge in [0.1, 0.15) is 11.5 Å². The lowest BCUT2D eigenvalue weighted by molar-refractivity contribution is 0.0939. The van der Waals surface area contributed by atoms with Crippen molar-refractivity contribution in [1.29, 1.82) is 0 Å². The summed E-state index contributed by atoms with van der Waals surface area (Å²) < 4.78 is 5.70. The van der Waals surface area contributed by atoms with Crippen LogP contribution in [0.5, 0.6) is 0 Å². The van der Waals surface area contributed by atoms with Gasteiger partial charge in [-0.15, -0.1) is 0 Å². The smallest absolute Gasteiger partial charge is 0.251 e. The predicted octanol–water partition coefficient (Wildman–Crippen LogP) is 3.01. The normalized spacial score (nSPS) is 12.3. The summed E-state index contributed by atoms with van der Waals surface area (Å²) in [6.07, 6.45) is 1.70. The van der Waals surface area contributed by atoms with E-state index in [4.69, 9.17) is 4.42 Å². The molecule has 0 saturated carbocycles. The second-order valence-corrected chi connectivity index (χ2v) is 6.19. The molecule has 0 unspecified atom stereocenters. The van der Waals surface area contributed by atoms with Crippen molar-refractivity contribution in [3.8, 4) is 11.3 Å². The molecule has 1 aromatic carbocycles. The predicted molar refractivity (Wildman–Crippen MR) is 96.2 cm³/mol. The van der Waals surface area contributed by atoms with Crippen LogP contribution in [-0.4, -0.2) is 41.6 Å². The fraction of sp³-hybridized carbons (Fsp3) is 0.263. The number of nitrogens with zero attached hydrogens (tertiary/aromatic N) is 2. The fourth-order valence-electron chi connectivity index (χ4n) is 2.68. The molecule has 2 heterocycles. The van der Waals surface area contributed by atoms with Gasteiger partial charge in [0.05, 0.1) is 11.7 Å². The number of nitrogens with one attached hydrogen (secondary N) is 2. The maximum absolute atomic E-state index is 12.4. The SMILES string of the molecule is Cc1ccc([C@@H](CNC(=O)c2ccc(-c3ccn[nH]3)cc2)N(C)C)o1. The number of hydrogen-bond donors (Lipinski definition) is 2. The molecule has 0 aliphatic heterocycles. The van der Waals surface area contributed by atoms with Gasteiger partial charge in [0, 0.05) is 18.3 Å². The summed E-state index contributed by atoms with van der Waals surface area (Å²) in [5, 5.41) is 9.82. The van der Waals surface area contributed by atoms with Crippen LogP contribution in [0.25, 0.3) is 11.3 Å². The molecular weight excluding hydrogens is 316 g/mol. The Balaban J connectivity index is 1.65. The van der Waals surface area contributed by atoms with Gasteiger partial charge < -0.3 is 9.73 Å². The number of aromatic amines is 1. The van der Waals surface area contributed by atoms with Crippen LogP contribution in [0.1, 0.15) is 27.9 Å². The maximum Gasteiger partial charge on any atom is 0.251 e. The summed E-state index contributed by atoms with van der Waals surface area (Å²) in [6, 6.07) is 13.2. The lowest BCUT2D eigenvalue weighted by atomic mass is 10.1. The number of likely N-dealkylation sites (N-methyl/N-ethyl adjacent to an activating group) is 1. The largest absolute Gasteiger partial charge is 0.465 e. The Morgan fingerprint density at radius 3 is 2.52 bits per heavy atom. The standard InChI is InChI=1S/C19H22N4O2/c1-13-4-9-18(25-13)17(23(2)3)12-20-19(24)15-7-5-14(6-8-15)16-10-11-21-22-16/h4-11,17H,12H2,1-3H3,(H,20,24)(H,21,22)/t17-/m1/s1. The van der Waals surface area contributed by atoms with E-state index in [9.17, 15) is 4.79 Å². The quantitative estimate of drug-likeness (QED) is 0.724. The summed E-state index contributed by atoms with van der Waals surface area (Å²) in [4.78, 5) is 14.5. The van der Waals surface area contributed by atoms with Crippen molar-refractivity contribution < 1.29 is 9.21 Å². The zero-order valence-corrected chi connectivity index (χ0v) is 14.6. The second kappa shape index (κ2) is 7.36. The summed E-state index contributed by atoms with van der Waals surface area (Å²) >= 11 is 0. The maximum atomic E-state index is 12.4. The molecule has 0 spiro atoms. The topological polar surface area (TPSA) is 74.2 Å². The Kier molecular flexibility index (Phi) is 5.00. The van der Waals surface area contributed by atoms with Crippen LogP contribution in [-0.2, 0) is 0 Å². The minimum atomic E-state index is -0.105. The Hall–Kier alpha value is -2.86. The van der Waals surface area contributed by atoms with Gasteiger partial charge in [0.25, 0.3) is 5.91 Å². The average Bonchev–Trinajstić information content (AvgIpc) is 3.27. The molecule has 25 heavy (non-hydrogen) atoms. The molecular formula is C19H22N4O2. The molecule has 3 aromatic rings. The van der Waals surface area contributed by atoms with Gasteiger partial charge in [-0.1, -0.05) is 12.1 Å². The summed E-state index contributed by atoms with van der Waals surface area (Å²) in [5.74, 6) is 1.60. The molecule has 6 nitrogen and oxygen atoms in total. The van der Waals surface area contributed by atoms with Crippen LogP contribution >= 0.6 is 0 Å². The fourth-order valence-corrected chi connectivity index (χ4v) is 2.68. The zero-order valence-electron chi connectivity index (χ0n) is 14.6. The van der Waals surface area contributed by atoms with E-state index in [1.807, 2.05) is 68.4 Å². The van der Waals surface area contributed by atoms with Crippen LogP contribution in [0.3, 0.4) is 0 Å². The lowest BCUT2D eigenvalue weighted by Crippen LogP contribution is -2.34. The highest BCUT2D eigenvalue weighted by Gasteiger charge is 2.19. The summed E-state index contributed by atoms with van der Waals surface area (Å²) in [7, 11) is 3.93. The lowest BCUT2D eigenvalue weighted by Gasteiger charge is -2.22. The molecule has 0 aliphatic carbocycles. The van der Waals surface area contributed by atoms with Crippen molar-refractivity contribution in [2.24, 2.45) is 0 Å². The first-order valence-corrected chi connectivity index (χ1v) is 8.15. The number of rotatable bonds is 6. The first kappa shape index (κ1) is 17.0. The van der Waals surface area contributed by atoms with Crippen molar-refractivity contribution in [2.45, 2.75) is 13.0 Å². The van der Waals surface area contributed by atoms with Crippen LogP contribution in [0.2, 0.25) is 0 Å². The van der Waals surface area contributed by atoms with Gasteiger partial charge in [0.15, 0.2) is 0 Å². The molecule has 0 fully saturated rings. The van der Waals surface area contributed by atoms with Gasteiger partial charge >= 0.3 is 0 Å². The molecule has 1 atom stereocenters. The molecule has 130 valence electrons. The number of carbonyl (C=O) groups is 1. The van der Waals surface area contributed by atoms with E-state index in [1.54, 1.807) is 6.20 Å². The highest BCUT2D eigenvalue weighted by Crippen LogP contribution is 2.20. The van der Waals surface area contributed by atoms with E-state index in [2.05, 4.69) is 15.5 Å². The van der Waals surface area contributed by atoms with Crippen molar-refractivity contribution in [2.75, 3.05) is 20.6 Å². The van der Waals surface area contributed by atoms with Crippen molar-refractivity contribution >= 4 is 5.91 Å². The van der Waals surface area contributed by atoms with Gasteiger partial charge in [-0.2, -0.15) is 5.10 Å². The molecule has 6 heteroatoms. The molecule has 2 N–H and O–H groups in total. The van der Waals surface area contributed by atoms with Gasteiger partial charge in [-0.25, -0.2) is 0 Å². The van der Waals surface area contributed by atoms with Gasteiger partial charge in [0.2, 0.25) is 0 Å². The third-order valence-corrected chi connectivity index (χ3v) is 4.13. The average molecular weight is 338 g/mol. The summed E-state index contributed by atoms with van der Waals surface area (Å²) in [6.45, 7) is 2.39. The molecule has 2 aromatic heterocycles. The molecule has 0 aliphatic rings. The molecule has 1 amide bonds. The van der Waals surface area contributed by atoms with E-state index in [0.29, 0.717) is 12.1 Å².